The Balaban J connectivity index is 1.63. The Bertz CT molecular complexity index is 997. The topological polar surface area (TPSA) is 67.8 Å². The largest absolute Gasteiger partial charge is 0.423 e. The Hall–Kier alpha value is -3.99. The van der Waals surface area contributed by atoms with Gasteiger partial charge in [0.2, 0.25) is 0 Å². The van der Waals surface area contributed by atoms with Gasteiger partial charge in [-0.1, -0.05) is 60.7 Å². The van der Waals surface area contributed by atoms with Crippen LogP contribution in [0.5, 0.6) is 5.75 Å². The van der Waals surface area contributed by atoms with Gasteiger partial charge in [0.05, 0.1) is 6.21 Å². The van der Waals surface area contributed by atoms with E-state index in [2.05, 4.69) is 10.5 Å². The summed E-state index contributed by atoms with van der Waals surface area (Å²) in [7, 11) is 0. The molecular weight excluding hydrogens is 352 g/mol. The maximum Gasteiger partial charge on any atom is 0.336 e. The predicted molar refractivity (Wildman–Crippen MR) is 109 cm³/mol. The Morgan fingerprint density at radius 1 is 0.821 bits per heavy atom. The number of esters is 1. The summed E-state index contributed by atoms with van der Waals surface area (Å²) in [6, 6.07) is 25.2. The summed E-state index contributed by atoms with van der Waals surface area (Å²) in [5.41, 5.74) is 4.42. The lowest BCUT2D eigenvalue weighted by atomic mass is 10.2. The number of rotatable bonds is 6. The highest BCUT2D eigenvalue weighted by atomic mass is 16.5. The van der Waals surface area contributed by atoms with Gasteiger partial charge in [0.15, 0.2) is 0 Å². The number of hydrogen-bond donors (Lipinski definition) is 1. The average Bonchev–Trinajstić information content (AvgIpc) is 2.75. The predicted octanol–water partition coefficient (Wildman–Crippen LogP) is 4.07. The van der Waals surface area contributed by atoms with Gasteiger partial charge >= 0.3 is 5.97 Å². The number of amides is 1. The molecule has 0 fully saturated rings. The van der Waals surface area contributed by atoms with E-state index in [0.717, 1.165) is 5.56 Å². The number of nitrogens with zero attached hydrogens (tertiary/aromatic N) is 1. The molecule has 28 heavy (non-hydrogen) atoms. The van der Waals surface area contributed by atoms with Gasteiger partial charge in [-0.15, -0.1) is 0 Å². The van der Waals surface area contributed by atoms with Crippen molar-refractivity contribution in [2.24, 2.45) is 5.10 Å². The summed E-state index contributed by atoms with van der Waals surface area (Å²) in [4.78, 5) is 24.1. The number of ether oxygens (including phenoxy) is 1. The molecular formula is C23H18N2O3. The number of carbonyl (C=O) groups is 2. The quantitative estimate of drug-likeness (QED) is 0.234. The maximum atomic E-state index is 12.1. The minimum absolute atomic E-state index is 0.322. The van der Waals surface area contributed by atoms with Crippen molar-refractivity contribution in [1.29, 1.82) is 0 Å². The molecule has 5 heteroatoms. The van der Waals surface area contributed by atoms with Gasteiger partial charge < -0.3 is 4.74 Å². The van der Waals surface area contributed by atoms with Crippen LogP contribution in [0.2, 0.25) is 0 Å². The molecule has 5 nitrogen and oxygen atoms in total. The van der Waals surface area contributed by atoms with Crippen LogP contribution in [0.1, 0.15) is 21.5 Å². The first-order valence-corrected chi connectivity index (χ1v) is 8.65. The number of nitrogens with one attached hydrogen (secondary N) is 1. The molecule has 0 bridgehead atoms. The Labute approximate surface area is 163 Å². The van der Waals surface area contributed by atoms with Crippen LogP contribution >= 0.6 is 0 Å². The van der Waals surface area contributed by atoms with E-state index in [4.69, 9.17) is 4.74 Å². The lowest BCUT2D eigenvalue weighted by Gasteiger charge is -2.05. The zero-order valence-corrected chi connectivity index (χ0v) is 15.0. The summed E-state index contributed by atoms with van der Waals surface area (Å²) in [6.07, 6.45) is 4.48. The highest BCUT2D eigenvalue weighted by Crippen LogP contribution is 2.16. The SMILES string of the molecule is O=C(/C=C/c1ccccc1)Oc1ccccc1/C=N\NC(=O)c1ccccc1. The number of carbonyl (C=O) groups excluding carboxylic acids is 2. The molecule has 0 aliphatic heterocycles. The van der Waals surface area contributed by atoms with Crippen LogP contribution in [0.4, 0.5) is 0 Å². The standard InChI is InChI=1S/C23H18N2O3/c26-22(16-15-18-9-3-1-4-10-18)28-21-14-8-7-13-20(21)17-24-25-23(27)19-11-5-2-6-12-19/h1-17H,(H,25,27)/b16-15+,24-17-. The molecule has 138 valence electrons. The van der Waals surface area contributed by atoms with Crippen molar-refractivity contribution in [2.75, 3.05) is 0 Å². The van der Waals surface area contributed by atoms with Gasteiger partial charge in [-0.25, -0.2) is 10.2 Å². The second kappa shape index (κ2) is 9.64. The van der Waals surface area contributed by atoms with Crippen molar-refractivity contribution in [1.82, 2.24) is 5.43 Å². The van der Waals surface area contributed by atoms with Gasteiger partial charge in [0.1, 0.15) is 5.75 Å². The van der Waals surface area contributed by atoms with Crippen molar-refractivity contribution in [3.8, 4) is 5.75 Å². The first-order chi connectivity index (χ1) is 13.7. The third-order valence-corrected chi connectivity index (χ3v) is 3.75. The van der Waals surface area contributed by atoms with Gasteiger partial charge in [0, 0.05) is 17.2 Å². The minimum Gasteiger partial charge on any atom is -0.423 e. The van der Waals surface area contributed by atoms with Gasteiger partial charge in [0.25, 0.3) is 5.91 Å². The van der Waals surface area contributed by atoms with Crippen LogP contribution in [-0.4, -0.2) is 18.1 Å². The lowest BCUT2D eigenvalue weighted by molar-refractivity contribution is -0.128. The zero-order chi connectivity index (χ0) is 19.6. The van der Waals surface area contributed by atoms with Crippen molar-refractivity contribution < 1.29 is 14.3 Å². The maximum absolute atomic E-state index is 12.1. The number of hydrazone groups is 1. The van der Waals surface area contributed by atoms with Crippen LogP contribution in [0.3, 0.4) is 0 Å². The molecule has 0 aliphatic rings. The highest BCUT2D eigenvalue weighted by molar-refractivity contribution is 5.95. The monoisotopic (exact) mass is 370 g/mol. The normalized spacial score (nSPS) is 10.9. The van der Waals surface area contributed by atoms with E-state index in [-0.39, 0.29) is 5.91 Å². The summed E-state index contributed by atoms with van der Waals surface area (Å²) >= 11 is 0. The molecule has 1 N–H and O–H groups in total. The summed E-state index contributed by atoms with van der Waals surface area (Å²) in [5.74, 6) is -0.474. The number of hydrogen-bond acceptors (Lipinski definition) is 4. The molecule has 0 spiro atoms. The smallest absolute Gasteiger partial charge is 0.336 e. The second-order valence-electron chi connectivity index (χ2n) is 5.77. The molecule has 0 saturated heterocycles. The van der Waals surface area contributed by atoms with Crippen LogP contribution < -0.4 is 10.2 Å². The number of benzene rings is 3. The molecule has 0 radical (unpaired) electrons. The molecule has 0 heterocycles. The fraction of sp³-hybridized carbons (Fsp3) is 0. The molecule has 0 aliphatic carbocycles. The molecule has 0 saturated carbocycles. The fourth-order valence-corrected chi connectivity index (χ4v) is 2.37. The van der Waals surface area contributed by atoms with E-state index in [1.807, 2.05) is 36.4 Å². The first kappa shape index (κ1) is 18.8. The van der Waals surface area contributed by atoms with Crippen molar-refractivity contribution in [3.63, 3.8) is 0 Å². The van der Waals surface area contributed by atoms with Crippen molar-refractivity contribution in [3.05, 3.63) is 108 Å². The molecule has 3 aromatic carbocycles. The van der Waals surface area contributed by atoms with Gasteiger partial charge in [-0.05, 0) is 35.9 Å². The number of para-hydroxylation sites is 1. The Morgan fingerprint density at radius 3 is 2.21 bits per heavy atom. The van der Waals surface area contributed by atoms with E-state index < -0.39 is 5.97 Å². The molecule has 3 aromatic rings. The van der Waals surface area contributed by atoms with Crippen LogP contribution in [0.15, 0.2) is 96.1 Å². The molecule has 0 atom stereocenters. The molecule has 3 rings (SSSR count). The van der Waals surface area contributed by atoms with Crippen molar-refractivity contribution >= 4 is 24.2 Å². The summed E-state index contributed by atoms with van der Waals surface area (Å²) in [6.45, 7) is 0. The van der Waals surface area contributed by atoms with E-state index in [9.17, 15) is 9.59 Å². The molecule has 1 amide bonds. The summed E-state index contributed by atoms with van der Waals surface area (Å²) in [5, 5.41) is 3.95. The van der Waals surface area contributed by atoms with Crippen molar-refractivity contribution in [2.45, 2.75) is 0 Å². The van der Waals surface area contributed by atoms with E-state index in [1.165, 1.54) is 12.3 Å². The van der Waals surface area contributed by atoms with Gasteiger partial charge in [-0.2, -0.15) is 5.10 Å². The van der Waals surface area contributed by atoms with Gasteiger partial charge in [-0.3, -0.25) is 4.79 Å². The minimum atomic E-state index is -0.502. The fourth-order valence-electron chi connectivity index (χ4n) is 2.37. The van der Waals surface area contributed by atoms with E-state index in [0.29, 0.717) is 16.9 Å². The second-order valence-corrected chi connectivity index (χ2v) is 5.77. The molecule has 0 unspecified atom stereocenters. The first-order valence-electron chi connectivity index (χ1n) is 8.65. The Morgan fingerprint density at radius 2 is 1.46 bits per heavy atom. The van der Waals surface area contributed by atoms with E-state index in [1.54, 1.807) is 54.6 Å². The average molecular weight is 370 g/mol. The highest BCUT2D eigenvalue weighted by Gasteiger charge is 2.06. The van der Waals surface area contributed by atoms with Crippen LogP contribution in [0.25, 0.3) is 6.08 Å². The summed E-state index contributed by atoms with van der Waals surface area (Å²) < 4.78 is 5.38. The third kappa shape index (κ3) is 5.51. The van der Waals surface area contributed by atoms with E-state index >= 15 is 0 Å². The molecule has 0 aromatic heterocycles. The van der Waals surface area contributed by atoms with Crippen LogP contribution in [0, 0.1) is 0 Å². The van der Waals surface area contributed by atoms with Crippen LogP contribution in [-0.2, 0) is 4.79 Å². The Kier molecular flexibility index (Phi) is 6.47. The zero-order valence-electron chi connectivity index (χ0n) is 15.0. The lowest BCUT2D eigenvalue weighted by Crippen LogP contribution is -2.17. The third-order valence-electron chi connectivity index (χ3n) is 3.75.